The standard InChI is InChI=1S/C16H19N7O/c1-10-2-4-11(5-3-10)18-16-19-12-13(21-16)20-15(17)22-14(12)23-6-8-24-9-7-23/h2-5H,6-9H2,1H3,(H4,17,18,19,20,21,22). The van der Waals surface area contributed by atoms with Gasteiger partial charge in [0, 0.05) is 18.8 Å². The van der Waals surface area contributed by atoms with Gasteiger partial charge in [0.2, 0.25) is 11.9 Å². The van der Waals surface area contributed by atoms with E-state index < -0.39 is 0 Å². The second-order valence-electron chi connectivity index (χ2n) is 5.78. The van der Waals surface area contributed by atoms with E-state index in [-0.39, 0.29) is 5.95 Å². The van der Waals surface area contributed by atoms with Crippen LogP contribution in [0.1, 0.15) is 5.56 Å². The molecule has 1 aliphatic rings. The van der Waals surface area contributed by atoms with Gasteiger partial charge in [0.25, 0.3) is 0 Å². The maximum absolute atomic E-state index is 5.86. The van der Waals surface area contributed by atoms with Crippen LogP contribution in [0.5, 0.6) is 0 Å². The first-order chi connectivity index (χ1) is 11.7. The summed E-state index contributed by atoms with van der Waals surface area (Å²) >= 11 is 0. The molecular weight excluding hydrogens is 306 g/mol. The Hall–Kier alpha value is -2.87. The van der Waals surface area contributed by atoms with Gasteiger partial charge in [-0.3, -0.25) is 0 Å². The molecule has 0 radical (unpaired) electrons. The van der Waals surface area contributed by atoms with Crippen LogP contribution in [-0.2, 0) is 4.74 Å². The Morgan fingerprint density at radius 2 is 1.88 bits per heavy atom. The number of rotatable bonds is 3. The third-order valence-electron chi connectivity index (χ3n) is 3.97. The lowest BCUT2D eigenvalue weighted by Gasteiger charge is -2.27. The van der Waals surface area contributed by atoms with Crippen LogP contribution in [0, 0.1) is 6.92 Å². The lowest BCUT2D eigenvalue weighted by molar-refractivity contribution is 0.122. The predicted molar refractivity (Wildman–Crippen MR) is 93.6 cm³/mol. The molecule has 3 aromatic rings. The van der Waals surface area contributed by atoms with Crippen molar-refractivity contribution in [1.82, 2.24) is 19.9 Å². The summed E-state index contributed by atoms with van der Waals surface area (Å²) in [4.78, 5) is 18.5. The summed E-state index contributed by atoms with van der Waals surface area (Å²) in [6, 6.07) is 8.10. The van der Waals surface area contributed by atoms with Crippen LogP contribution >= 0.6 is 0 Å². The van der Waals surface area contributed by atoms with Crippen molar-refractivity contribution in [3.63, 3.8) is 0 Å². The highest BCUT2D eigenvalue weighted by molar-refractivity contribution is 5.86. The van der Waals surface area contributed by atoms with Crippen LogP contribution in [-0.4, -0.2) is 46.2 Å². The van der Waals surface area contributed by atoms with E-state index in [1.54, 1.807) is 0 Å². The lowest BCUT2D eigenvalue weighted by Crippen LogP contribution is -2.37. The van der Waals surface area contributed by atoms with E-state index in [2.05, 4.69) is 37.1 Å². The average molecular weight is 325 g/mol. The van der Waals surface area contributed by atoms with E-state index in [0.29, 0.717) is 24.8 Å². The molecule has 124 valence electrons. The van der Waals surface area contributed by atoms with Crippen LogP contribution in [0.15, 0.2) is 24.3 Å². The summed E-state index contributed by atoms with van der Waals surface area (Å²) in [7, 11) is 0. The van der Waals surface area contributed by atoms with E-state index in [0.717, 1.165) is 30.1 Å². The quantitative estimate of drug-likeness (QED) is 0.674. The van der Waals surface area contributed by atoms with Crippen molar-refractivity contribution < 1.29 is 4.74 Å². The monoisotopic (exact) mass is 325 g/mol. The highest BCUT2D eigenvalue weighted by Crippen LogP contribution is 2.26. The van der Waals surface area contributed by atoms with Crippen LogP contribution in [0.4, 0.5) is 23.4 Å². The van der Waals surface area contributed by atoms with E-state index in [1.807, 2.05) is 24.3 Å². The van der Waals surface area contributed by atoms with Gasteiger partial charge in [0.05, 0.1) is 13.2 Å². The number of aromatic amines is 1. The van der Waals surface area contributed by atoms with Crippen molar-refractivity contribution in [3.8, 4) is 0 Å². The number of anilines is 4. The summed E-state index contributed by atoms with van der Waals surface area (Å²) in [6.45, 7) is 4.94. The molecule has 0 spiro atoms. The normalized spacial score (nSPS) is 15.0. The van der Waals surface area contributed by atoms with Gasteiger partial charge in [-0.25, -0.2) is 0 Å². The van der Waals surface area contributed by atoms with Crippen molar-refractivity contribution in [2.45, 2.75) is 6.92 Å². The molecule has 8 nitrogen and oxygen atoms in total. The molecule has 0 amide bonds. The molecule has 0 bridgehead atoms. The van der Waals surface area contributed by atoms with Crippen LogP contribution in [0.2, 0.25) is 0 Å². The first kappa shape index (κ1) is 14.7. The smallest absolute Gasteiger partial charge is 0.224 e. The summed E-state index contributed by atoms with van der Waals surface area (Å²) in [5, 5.41) is 3.25. The molecule has 1 fully saturated rings. The third-order valence-corrected chi connectivity index (χ3v) is 3.97. The minimum Gasteiger partial charge on any atom is -0.378 e. The molecule has 1 saturated heterocycles. The fourth-order valence-electron chi connectivity index (χ4n) is 2.74. The Balaban J connectivity index is 1.70. The molecule has 3 heterocycles. The van der Waals surface area contributed by atoms with Gasteiger partial charge in [-0.2, -0.15) is 15.0 Å². The van der Waals surface area contributed by atoms with E-state index >= 15 is 0 Å². The Labute approximate surface area is 139 Å². The Morgan fingerprint density at radius 1 is 1.12 bits per heavy atom. The zero-order valence-electron chi connectivity index (χ0n) is 13.4. The Morgan fingerprint density at radius 3 is 2.62 bits per heavy atom. The van der Waals surface area contributed by atoms with Crippen LogP contribution in [0.3, 0.4) is 0 Å². The molecule has 1 aliphatic heterocycles. The molecule has 1 aromatic carbocycles. The Kier molecular flexibility index (Phi) is 3.66. The highest BCUT2D eigenvalue weighted by atomic mass is 16.5. The topological polar surface area (TPSA) is 105 Å². The largest absolute Gasteiger partial charge is 0.378 e. The molecule has 4 N–H and O–H groups in total. The molecule has 0 aliphatic carbocycles. The fourth-order valence-corrected chi connectivity index (χ4v) is 2.74. The van der Waals surface area contributed by atoms with Crippen molar-refractivity contribution >= 4 is 34.6 Å². The summed E-state index contributed by atoms with van der Waals surface area (Å²) in [5.41, 5.74) is 9.35. The van der Waals surface area contributed by atoms with E-state index in [9.17, 15) is 0 Å². The summed E-state index contributed by atoms with van der Waals surface area (Å²) < 4.78 is 5.40. The van der Waals surface area contributed by atoms with Crippen molar-refractivity contribution in [2.24, 2.45) is 0 Å². The van der Waals surface area contributed by atoms with Gasteiger partial charge in [0.15, 0.2) is 11.5 Å². The third kappa shape index (κ3) is 2.83. The number of hydrogen-bond acceptors (Lipinski definition) is 7. The summed E-state index contributed by atoms with van der Waals surface area (Å²) in [5.74, 6) is 1.60. The molecular formula is C16H19N7O. The first-order valence-corrected chi connectivity index (χ1v) is 7.89. The highest BCUT2D eigenvalue weighted by Gasteiger charge is 2.19. The molecule has 24 heavy (non-hydrogen) atoms. The van der Waals surface area contributed by atoms with Gasteiger partial charge >= 0.3 is 0 Å². The maximum Gasteiger partial charge on any atom is 0.224 e. The van der Waals surface area contributed by atoms with Crippen LogP contribution < -0.4 is 16.0 Å². The van der Waals surface area contributed by atoms with Gasteiger partial charge in [0.1, 0.15) is 5.52 Å². The molecule has 8 heteroatoms. The minimum absolute atomic E-state index is 0.220. The first-order valence-electron chi connectivity index (χ1n) is 7.89. The lowest BCUT2D eigenvalue weighted by atomic mass is 10.2. The van der Waals surface area contributed by atoms with Gasteiger partial charge in [-0.1, -0.05) is 17.7 Å². The fraction of sp³-hybridized carbons (Fsp3) is 0.312. The molecule has 4 rings (SSSR count). The van der Waals surface area contributed by atoms with Crippen LogP contribution in [0.25, 0.3) is 11.2 Å². The molecule has 0 atom stereocenters. The second-order valence-corrected chi connectivity index (χ2v) is 5.78. The molecule has 0 saturated carbocycles. The number of aryl methyl sites for hydroxylation is 1. The molecule has 2 aromatic heterocycles. The van der Waals surface area contributed by atoms with Crippen molar-refractivity contribution in [1.29, 1.82) is 0 Å². The number of nitrogen functional groups attached to an aromatic ring is 1. The van der Waals surface area contributed by atoms with Gasteiger partial charge < -0.3 is 25.7 Å². The SMILES string of the molecule is Cc1ccc(Nc2nc3nc(N)nc(N4CCOCC4)c3[nH]2)cc1. The second kappa shape index (κ2) is 5.97. The Bertz CT molecular complexity index is 853. The van der Waals surface area contributed by atoms with Gasteiger partial charge in [-0.15, -0.1) is 0 Å². The number of nitrogens with two attached hydrogens (primary N) is 1. The van der Waals surface area contributed by atoms with E-state index in [4.69, 9.17) is 10.5 Å². The number of nitrogens with zero attached hydrogens (tertiary/aromatic N) is 4. The number of imidazole rings is 1. The van der Waals surface area contributed by atoms with Crippen molar-refractivity contribution in [2.75, 3.05) is 42.3 Å². The zero-order valence-corrected chi connectivity index (χ0v) is 13.4. The summed E-state index contributed by atoms with van der Waals surface area (Å²) in [6.07, 6.45) is 0. The number of ether oxygens (including phenoxy) is 1. The number of fused-ring (bicyclic) bond motifs is 1. The number of nitrogens with one attached hydrogen (secondary N) is 2. The van der Waals surface area contributed by atoms with E-state index in [1.165, 1.54) is 5.56 Å². The predicted octanol–water partition coefficient (Wildman–Crippen LogP) is 1.82. The number of H-pyrrole nitrogens is 1. The minimum atomic E-state index is 0.220. The zero-order chi connectivity index (χ0) is 16.5. The number of hydrogen-bond donors (Lipinski definition) is 3. The van der Waals surface area contributed by atoms with Gasteiger partial charge in [-0.05, 0) is 19.1 Å². The number of morpholine rings is 1. The van der Waals surface area contributed by atoms with Crippen molar-refractivity contribution in [3.05, 3.63) is 29.8 Å². The maximum atomic E-state index is 5.86. The number of aromatic nitrogens is 4. The molecule has 0 unspecified atom stereocenters. The number of benzene rings is 1. The average Bonchev–Trinajstić information content (AvgIpc) is 2.99.